The maximum absolute atomic E-state index is 4.75. The van der Waals surface area contributed by atoms with Gasteiger partial charge in [0.1, 0.15) is 0 Å². The number of nitrogens with zero attached hydrogens (tertiary/aromatic N) is 3. The van der Waals surface area contributed by atoms with Crippen LogP contribution in [0.15, 0.2) is 40.7 Å². The standard InChI is InChI=1S/C20H29N5S/c1-3-21-20(22-12-7-10-19-23-16(2)15-26-19)24-17-11-13-25(14-17)18-8-5-4-6-9-18/h4-6,8-9,15,17H,3,7,10-14H2,1-2H3,(H2,21,22,24). The molecule has 2 aromatic rings. The Hall–Kier alpha value is -2.08. The first kappa shape index (κ1) is 18.7. The maximum atomic E-state index is 4.75. The van der Waals surface area contributed by atoms with Crippen molar-refractivity contribution in [3.05, 3.63) is 46.4 Å². The zero-order chi connectivity index (χ0) is 18.2. The summed E-state index contributed by atoms with van der Waals surface area (Å²) in [7, 11) is 0. The smallest absolute Gasteiger partial charge is 0.191 e. The number of para-hydroxylation sites is 1. The van der Waals surface area contributed by atoms with E-state index in [1.165, 1.54) is 10.7 Å². The highest BCUT2D eigenvalue weighted by atomic mass is 32.1. The molecule has 0 saturated carbocycles. The third-order valence-electron chi connectivity index (χ3n) is 4.48. The van der Waals surface area contributed by atoms with Crippen molar-refractivity contribution in [2.24, 2.45) is 4.99 Å². The molecule has 0 aliphatic carbocycles. The van der Waals surface area contributed by atoms with Gasteiger partial charge in [-0.25, -0.2) is 4.98 Å². The number of hydrogen-bond donors (Lipinski definition) is 2. The van der Waals surface area contributed by atoms with Crippen LogP contribution in [-0.2, 0) is 6.42 Å². The van der Waals surface area contributed by atoms with E-state index in [2.05, 4.69) is 63.2 Å². The van der Waals surface area contributed by atoms with Crippen molar-refractivity contribution in [3.63, 3.8) is 0 Å². The van der Waals surface area contributed by atoms with Gasteiger partial charge in [0.05, 0.1) is 5.01 Å². The second-order valence-corrected chi connectivity index (χ2v) is 7.60. The topological polar surface area (TPSA) is 52.6 Å². The summed E-state index contributed by atoms with van der Waals surface area (Å²) in [4.78, 5) is 11.7. The van der Waals surface area contributed by atoms with Gasteiger partial charge in [-0.05, 0) is 38.8 Å². The molecule has 5 nitrogen and oxygen atoms in total. The quantitative estimate of drug-likeness (QED) is 0.446. The van der Waals surface area contributed by atoms with Gasteiger partial charge in [0.25, 0.3) is 0 Å². The highest BCUT2D eigenvalue weighted by Gasteiger charge is 2.23. The SMILES string of the molecule is CCNC(=NCCCc1nc(C)cs1)NC1CCN(c2ccccc2)C1. The molecule has 1 saturated heterocycles. The van der Waals surface area contributed by atoms with Crippen LogP contribution < -0.4 is 15.5 Å². The predicted molar refractivity (Wildman–Crippen MR) is 111 cm³/mol. The molecule has 140 valence electrons. The molecule has 1 fully saturated rings. The number of benzene rings is 1. The van der Waals surface area contributed by atoms with Crippen molar-refractivity contribution >= 4 is 23.0 Å². The molecule has 3 rings (SSSR count). The second-order valence-electron chi connectivity index (χ2n) is 6.66. The van der Waals surface area contributed by atoms with Crippen LogP contribution in [0.5, 0.6) is 0 Å². The van der Waals surface area contributed by atoms with E-state index in [9.17, 15) is 0 Å². The first-order valence-electron chi connectivity index (χ1n) is 9.50. The second kappa shape index (κ2) is 9.57. The van der Waals surface area contributed by atoms with Crippen LogP contribution in [0.4, 0.5) is 5.69 Å². The zero-order valence-corrected chi connectivity index (χ0v) is 16.6. The number of hydrogen-bond acceptors (Lipinski definition) is 4. The first-order valence-corrected chi connectivity index (χ1v) is 10.4. The maximum Gasteiger partial charge on any atom is 0.191 e. The van der Waals surface area contributed by atoms with Crippen molar-refractivity contribution in [2.45, 2.75) is 39.2 Å². The molecule has 1 aromatic heterocycles. The van der Waals surface area contributed by atoms with Gasteiger partial charge in [0.2, 0.25) is 0 Å². The lowest BCUT2D eigenvalue weighted by Crippen LogP contribution is -2.44. The number of anilines is 1. The molecule has 2 heterocycles. The molecule has 1 aliphatic rings. The number of rotatable bonds is 7. The van der Waals surface area contributed by atoms with Crippen LogP contribution in [0.2, 0.25) is 0 Å². The van der Waals surface area contributed by atoms with E-state index in [0.29, 0.717) is 6.04 Å². The third kappa shape index (κ3) is 5.46. The van der Waals surface area contributed by atoms with E-state index < -0.39 is 0 Å². The van der Waals surface area contributed by atoms with Gasteiger partial charge in [0.15, 0.2) is 5.96 Å². The molecule has 0 spiro atoms. The summed E-state index contributed by atoms with van der Waals surface area (Å²) in [6, 6.07) is 11.1. The Morgan fingerprint density at radius 3 is 2.92 bits per heavy atom. The lowest BCUT2D eigenvalue weighted by atomic mass is 10.2. The minimum Gasteiger partial charge on any atom is -0.369 e. The Labute approximate surface area is 160 Å². The molecule has 1 aromatic carbocycles. The molecule has 26 heavy (non-hydrogen) atoms. The van der Waals surface area contributed by atoms with Crippen molar-refractivity contribution < 1.29 is 0 Å². The molecule has 1 unspecified atom stereocenters. The van der Waals surface area contributed by atoms with E-state index in [-0.39, 0.29) is 0 Å². The number of guanidine groups is 1. The number of thiazole rings is 1. The van der Waals surface area contributed by atoms with Crippen LogP contribution in [-0.4, -0.2) is 43.2 Å². The summed E-state index contributed by atoms with van der Waals surface area (Å²) in [5.74, 6) is 0.933. The average Bonchev–Trinajstić information content (AvgIpc) is 3.29. The highest BCUT2D eigenvalue weighted by molar-refractivity contribution is 7.09. The van der Waals surface area contributed by atoms with Crippen LogP contribution in [0.3, 0.4) is 0 Å². The highest BCUT2D eigenvalue weighted by Crippen LogP contribution is 2.19. The van der Waals surface area contributed by atoms with Crippen LogP contribution >= 0.6 is 11.3 Å². The van der Waals surface area contributed by atoms with E-state index in [0.717, 1.165) is 57.1 Å². The van der Waals surface area contributed by atoms with Crippen LogP contribution in [0, 0.1) is 6.92 Å². The monoisotopic (exact) mass is 371 g/mol. The lowest BCUT2D eigenvalue weighted by Gasteiger charge is -2.20. The molecular formula is C20H29N5S. The van der Waals surface area contributed by atoms with E-state index >= 15 is 0 Å². The largest absolute Gasteiger partial charge is 0.369 e. The fourth-order valence-corrected chi connectivity index (χ4v) is 4.02. The summed E-state index contributed by atoms with van der Waals surface area (Å²) in [5, 5.41) is 10.3. The minimum atomic E-state index is 0.439. The molecule has 0 bridgehead atoms. The summed E-state index contributed by atoms with van der Waals surface area (Å²) in [6.07, 6.45) is 3.18. The first-order chi connectivity index (χ1) is 12.7. The van der Waals surface area contributed by atoms with Crippen molar-refractivity contribution in [3.8, 4) is 0 Å². The molecule has 0 radical (unpaired) electrons. The van der Waals surface area contributed by atoms with Crippen LogP contribution in [0.25, 0.3) is 0 Å². The summed E-state index contributed by atoms with van der Waals surface area (Å²) in [6.45, 7) is 7.97. The van der Waals surface area contributed by atoms with Crippen LogP contribution in [0.1, 0.15) is 30.5 Å². The van der Waals surface area contributed by atoms with Gasteiger partial charge in [-0.2, -0.15) is 0 Å². The summed E-state index contributed by atoms with van der Waals surface area (Å²) in [5.41, 5.74) is 2.42. The van der Waals surface area contributed by atoms with Crippen molar-refractivity contribution in [2.75, 3.05) is 31.1 Å². The third-order valence-corrected chi connectivity index (χ3v) is 5.51. The van der Waals surface area contributed by atoms with E-state index in [4.69, 9.17) is 4.99 Å². The summed E-state index contributed by atoms with van der Waals surface area (Å²) < 4.78 is 0. The molecule has 0 amide bonds. The number of aliphatic imine (C=N–C) groups is 1. The van der Waals surface area contributed by atoms with Gasteiger partial charge >= 0.3 is 0 Å². The normalized spacial score (nSPS) is 17.5. The Morgan fingerprint density at radius 2 is 2.19 bits per heavy atom. The molecule has 1 atom stereocenters. The Morgan fingerprint density at radius 1 is 1.35 bits per heavy atom. The molecular weight excluding hydrogens is 342 g/mol. The van der Waals surface area contributed by atoms with Crippen molar-refractivity contribution in [1.29, 1.82) is 0 Å². The summed E-state index contributed by atoms with van der Waals surface area (Å²) >= 11 is 1.75. The van der Waals surface area contributed by atoms with Gasteiger partial charge in [-0.15, -0.1) is 11.3 Å². The zero-order valence-electron chi connectivity index (χ0n) is 15.7. The fourth-order valence-electron chi connectivity index (χ4n) is 3.20. The fraction of sp³-hybridized carbons (Fsp3) is 0.500. The van der Waals surface area contributed by atoms with Gasteiger partial charge in [0, 0.05) is 55.4 Å². The minimum absolute atomic E-state index is 0.439. The van der Waals surface area contributed by atoms with Crippen molar-refractivity contribution in [1.82, 2.24) is 15.6 Å². The van der Waals surface area contributed by atoms with E-state index in [1.54, 1.807) is 11.3 Å². The Kier molecular flexibility index (Phi) is 6.89. The average molecular weight is 372 g/mol. The van der Waals surface area contributed by atoms with Gasteiger partial charge in [-0.3, -0.25) is 4.99 Å². The number of aryl methyl sites for hydroxylation is 2. The number of aromatic nitrogens is 1. The predicted octanol–water partition coefficient (Wildman–Crippen LogP) is 3.22. The van der Waals surface area contributed by atoms with Gasteiger partial charge in [-0.1, -0.05) is 18.2 Å². The number of nitrogens with one attached hydrogen (secondary N) is 2. The Bertz CT molecular complexity index is 697. The molecule has 2 N–H and O–H groups in total. The molecule has 6 heteroatoms. The Balaban J connectivity index is 1.47. The van der Waals surface area contributed by atoms with Gasteiger partial charge < -0.3 is 15.5 Å². The molecule has 1 aliphatic heterocycles. The lowest BCUT2D eigenvalue weighted by molar-refractivity contribution is 0.647. The van der Waals surface area contributed by atoms with E-state index in [1.807, 2.05) is 6.92 Å².